The van der Waals surface area contributed by atoms with E-state index in [4.69, 9.17) is 5.73 Å². The van der Waals surface area contributed by atoms with Gasteiger partial charge in [0.1, 0.15) is 0 Å². The molecule has 0 unspecified atom stereocenters. The molecule has 3 N–H and O–H groups in total. The van der Waals surface area contributed by atoms with Gasteiger partial charge in [-0.1, -0.05) is 30.7 Å². The average Bonchev–Trinajstić information content (AvgIpc) is 2.84. The summed E-state index contributed by atoms with van der Waals surface area (Å²) in [6.07, 6.45) is 4.45. The van der Waals surface area contributed by atoms with Crippen LogP contribution in [0.15, 0.2) is 24.3 Å². The van der Waals surface area contributed by atoms with Crippen LogP contribution in [0.25, 0.3) is 11.3 Å². The third-order valence-electron chi connectivity index (χ3n) is 4.83. The minimum Gasteiger partial charge on any atom is -0.364 e. The van der Waals surface area contributed by atoms with Gasteiger partial charge in [0.05, 0.1) is 5.69 Å². The van der Waals surface area contributed by atoms with Gasteiger partial charge in [0.2, 0.25) is 5.91 Å². The van der Waals surface area contributed by atoms with Crippen molar-refractivity contribution in [3.8, 4) is 11.3 Å². The van der Waals surface area contributed by atoms with Crippen LogP contribution in [0.2, 0.25) is 0 Å². The number of nitrogens with zero attached hydrogens (tertiary/aromatic N) is 2. The molecule has 1 saturated carbocycles. The highest BCUT2D eigenvalue weighted by Crippen LogP contribution is 2.35. The first-order valence-electron chi connectivity index (χ1n) is 7.96. The van der Waals surface area contributed by atoms with Crippen molar-refractivity contribution in [2.24, 2.45) is 11.7 Å². The van der Waals surface area contributed by atoms with E-state index in [0.717, 1.165) is 42.5 Å². The molecule has 23 heavy (non-hydrogen) atoms. The second-order valence-electron chi connectivity index (χ2n) is 6.21. The lowest BCUT2D eigenvalue weighted by Crippen LogP contribution is -2.34. The Kier molecular flexibility index (Phi) is 3.18. The molecule has 118 valence electrons. The van der Waals surface area contributed by atoms with Crippen molar-refractivity contribution >= 4 is 11.8 Å². The van der Waals surface area contributed by atoms with Gasteiger partial charge in [-0.15, -0.1) is 5.10 Å². The van der Waals surface area contributed by atoms with E-state index in [-0.39, 0.29) is 17.5 Å². The number of carbonyl (C=O) groups is 2. The second kappa shape index (κ2) is 5.22. The minimum atomic E-state index is -0.558. The van der Waals surface area contributed by atoms with Crippen molar-refractivity contribution in [3.05, 3.63) is 41.1 Å². The number of hydrogen-bond donors (Lipinski definition) is 2. The van der Waals surface area contributed by atoms with E-state index in [1.54, 1.807) is 0 Å². The molecular formula is C17H18N4O2. The number of rotatable bonds is 3. The van der Waals surface area contributed by atoms with Crippen LogP contribution in [0, 0.1) is 5.92 Å². The van der Waals surface area contributed by atoms with Crippen molar-refractivity contribution in [1.82, 2.24) is 9.89 Å². The molecule has 6 nitrogen and oxygen atoms in total. The van der Waals surface area contributed by atoms with Gasteiger partial charge in [-0.3, -0.25) is 9.59 Å². The molecular weight excluding hydrogens is 292 g/mol. The minimum absolute atomic E-state index is 0.0411. The molecule has 0 atom stereocenters. The molecule has 6 heteroatoms. The summed E-state index contributed by atoms with van der Waals surface area (Å²) in [6, 6.07) is 7.99. The van der Waals surface area contributed by atoms with Crippen LogP contribution in [0.4, 0.5) is 0 Å². The fourth-order valence-electron chi connectivity index (χ4n) is 3.34. The van der Waals surface area contributed by atoms with Crippen molar-refractivity contribution in [2.75, 3.05) is 5.43 Å². The quantitative estimate of drug-likeness (QED) is 0.902. The number of carbonyl (C=O) groups excluding carboxylic acids is 2. The first-order chi connectivity index (χ1) is 11.1. The summed E-state index contributed by atoms with van der Waals surface area (Å²) in [5, 5.41) is 4.28. The van der Waals surface area contributed by atoms with Gasteiger partial charge >= 0.3 is 0 Å². The lowest BCUT2D eigenvalue weighted by atomic mass is 9.85. The first-order valence-corrected chi connectivity index (χ1v) is 7.96. The Morgan fingerprint density at radius 3 is 2.70 bits per heavy atom. The molecule has 1 aromatic carbocycles. The van der Waals surface area contributed by atoms with Crippen LogP contribution < -0.4 is 11.2 Å². The highest BCUT2D eigenvalue weighted by Gasteiger charge is 2.30. The maximum atomic E-state index is 12.3. The average molecular weight is 310 g/mol. The smallest absolute Gasteiger partial charge is 0.269 e. The van der Waals surface area contributed by atoms with E-state index >= 15 is 0 Å². The van der Waals surface area contributed by atoms with Crippen LogP contribution in [0.1, 0.15) is 40.9 Å². The molecule has 2 aliphatic carbocycles. The Hall–Kier alpha value is -2.63. The number of aromatic nitrogens is 2. The van der Waals surface area contributed by atoms with Crippen molar-refractivity contribution < 1.29 is 9.59 Å². The molecule has 0 bridgehead atoms. The largest absolute Gasteiger partial charge is 0.364 e. The summed E-state index contributed by atoms with van der Waals surface area (Å²) in [5.74, 6) is -0.552. The highest BCUT2D eigenvalue weighted by atomic mass is 16.2. The molecule has 1 heterocycles. The molecule has 1 aromatic heterocycles. The number of benzene rings is 1. The summed E-state index contributed by atoms with van der Waals surface area (Å²) in [4.78, 5) is 25.5. The summed E-state index contributed by atoms with van der Waals surface area (Å²) in [6.45, 7) is 0. The summed E-state index contributed by atoms with van der Waals surface area (Å²) < 4.78 is 0. The SMILES string of the molecule is NC(=O)c1nn(NC(=O)C2CCC2)c2c1CCc1ccccc1-2. The van der Waals surface area contributed by atoms with E-state index in [1.807, 2.05) is 18.2 Å². The summed E-state index contributed by atoms with van der Waals surface area (Å²) >= 11 is 0. The molecule has 4 rings (SSSR count). The standard InChI is InChI=1S/C17H18N4O2/c18-16(22)14-13-9-8-10-4-1-2-7-12(10)15(13)21(19-14)20-17(23)11-5-3-6-11/h1-2,4,7,11H,3,5-6,8-9H2,(H2,18,22)(H,20,23). The van der Waals surface area contributed by atoms with Crippen LogP contribution in [-0.2, 0) is 17.6 Å². The topological polar surface area (TPSA) is 90.0 Å². The fourth-order valence-corrected chi connectivity index (χ4v) is 3.34. The lowest BCUT2D eigenvalue weighted by Gasteiger charge is -2.25. The van der Waals surface area contributed by atoms with Crippen molar-refractivity contribution in [2.45, 2.75) is 32.1 Å². The van der Waals surface area contributed by atoms with Crippen molar-refractivity contribution in [3.63, 3.8) is 0 Å². The Morgan fingerprint density at radius 2 is 2.00 bits per heavy atom. The molecule has 2 aliphatic rings. The Bertz CT molecular complexity index is 805. The van der Waals surface area contributed by atoms with Crippen LogP contribution in [-0.4, -0.2) is 21.7 Å². The Labute approximate surface area is 133 Å². The molecule has 0 aliphatic heterocycles. The Balaban J connectivity index is 1.80. The molecule has 1 fully saturated rings. The third-order valence-corrected chi connectivity index (χ3v) is 4.83. The zero-order valence-corrected chi connectivity index (χ0v) is 12.7. The van der Waals surface area contributed by atoms with E-state index in [9.17, 15) is 9.59 Å². The molecule has 0 spiro atoms. The maximum absolute atomic E-state index is 12.3. The van der Waals surface area contributed by atoms with Crippen LogP contribution in [0.3, 0.4) is 0 Å². The highest BCUT2D eigenvalue weighted by molar-refractivity contribution is 5.95. The molecule has 2 aromatic rings. The second-order valence-corrected chi connectivity index (χ2v) is 6.21. The number of hydrogen-bond acceptors (Lipinski definition) is 3. The zero-order chi connectivity index (χ0) is 16.0. The molecule has 0 radical (unpaired) electrons. The van der Waals surface area contributed by atoms with Crippen LogP contribution >= 0.6 is 0 Å². The predicted molar refractivity (Wildman–Crippen MR) is 85.3 cm³/mol. The van der Waals surface area contributed by atoms with Gasteiger partial charge in [0.15, 0.2) is 5.69 Å². The van der Waals surface area contributed by atoms with Gasteiger partial charge in [-0.25, -0.2) is 5.43 Å². The number of amides is 2. The zero-order valence-electron chi connectivity index (χ0n) is 12.7. The molecule has 2 amide bonds. The number of nitrogens with two attached hydrogens (primary N) is 1. The van der Waals surface area contributed by atoms with E-state index in [2.05, 4.69) is 16.6 Å². The predicted octanol–water partition coefficient (Wildman–Crippen LogP) is 1.62. The number of aryl methyl sites for hydroxylation is 1. The first kappa shape index (κ1) is 14.0. The molecule has 0 saturated heterocycles. The van der Waals surface area contributed by atoms with Gasteiger partial charge in [-0.2, -0.15) is 4.79 Å². The Morgan fingerprint density at radius 1 is 1.22 bits per heavy atom. The van der Waals surface area contributed by atoms with E-state index in [0.29, 0.717) is 6.42 Å². The van der Waals surface area contributed by atoms with Gasteiger partial charge in [0.25, 0.3) is 5.91 Å². The van der Waals surface area contributed by atoms with E-state index < -0.39 is 5.91 Å². The summed E-state index contributed by atoms with van der Waals surface area (Å²) in [5.41, 5.74) is 12.4. The van der Waals surface area contributed by atoms with Crippen LogP contribution in [0.5, 0.6) is 0 Å². The van der Waals surface area contributed by atoms with Gasteiger partial charge < -0.3 is 5.73 Å². The van der Waals surface area contributed by atoms with Gasteiger partial charge in [-0.05, 0) is 31.2 Å². The monoisotopic (exact) mass is 310 g/mol. The van der Waals surface area contributed by atoms with Gasteiger partial charge in [0, 0.05) is 17.0 Å². The van der Waals surface area contributed by atoms with E-state index in [1.165, 1.54) is 10.4 Å². The summed E-state index contributed by atoms with van der Waals surface area (Å²) in [7, 11) is 0. The normalized spacial score (nSPS) is 16.2. The van der Waals surface area contributed by atoms with Crippen molar-refractivity contribution in [1.29, 1.82) is 0 Å². The third kappa shape index (κ3) is 2.21. The lowest BCUT2D eigenvalue weighted by molar-refractivity contribution is -0.123. The fraction of sp³-hybridized carbons (Fsp3) is 0.353. The number of fused-ring (bicyclic) bond motifs is 3. The number of primary amides is 1. The maximum Gasteiger partial charge on any atom is 0.269 e. The number of nitrogens with one attached hydrogen (secondary N) is 1.